The van der Waals surface area contributed by atoms with E-state index >= 15 is 4.11 Å². The number of aromatic nitrogens is 3. The van der Waals surface area contributed by atoms with E-state index in [4.69, 9.17) is 4.74 Å². The van der Waals surface area contributed by atoms with E-state index in [2.05, 4.69) is 34.5 Å². The Kier molecular flexibility index (Phi) is 10.1. The van der Waals surface area contributed by atoms with Crippen molar-refractivity contribution in [3.05, 3.63) is 114 Å². The van der Waals surface area contributed by atoms with Crippen molar-refractivity contribution in [2.24, 2.45) is 11.0 Å². The van der Waals surface area contributed by atoms with Crippen molar-refractivity contribution in [3.63, 3.8) is 0 Å². The van der Waals surface area contributed by atoms with Crippen LogP contribution in [0.2, 0.25) is 18.6 Å². The van der Waals surface area contributed by atoms with Crippen molar-refractivity contribution in [1.29, 1.82) is 0 Å². The summed E-state index contributed by atoms with van der Waals surface area (Å²) in [5, 5.41) is 24.9. The second-order valence-corrected chi connectivity index (χ2v) is 17.1. The Morgan fingerprint density at radius 3 is 2.34 bits per heavy atom. The maximum atomic E-state index is 15.7. The van der Waals surface area contributed by atoms with Crippen LogP contribution >= 0.6 is 0 Å². The number of amides is 1. The molecule has 2 aliphatic heterocycles. The van der Waals surface area contributed by atoms with Gasteiger partial charge in [0.2, 0.25) is 14.3 Å². The average molecular weight is 654 g/mol. The molecule has 8 nitrogen and oxygen atoms in total. The summed E-state index contributed by atoms with van der Waals surface area (Å²) < 4.78 is 24.1. The molecule has 5 atom stereocenters. The third kappa shape index (κ3) is 7.61. The first-order valence-electron chi connectivity index (χ1n) is 16.7. The molecule has 0 saturated carbocycles. The molecule has 1 amide bonds. The maximum absolute atomic E-state index is 15.7. The predicted octanol–water partition coefficient (Wildman–Crippen LogP) is 6.90. The Hall–Kier alpha value is -3.99. The van der Waals surface area contributed by atoms with Gasteiger partial charge in [-0.05, 0) is 67.1 Å². The summed E-state index contributed by atoms with van der Waals surface area (Å²) in [4.78, 5) is 12.7. The third-order valence-corrected chi connectivity index (χ3v) is 12.2. The molecule has 1 N–H and O–H groups in total. The number of ether oxygens (including phenoxy) is 1. The van der Waals surface area contributed by atoms with Crippen molar-refractivity contribution >= 4 is 25.7 Å². The normalized spacial score (nSPS) is 22.4. The third-order valence-electron chi connectivity index (χ3n) is 9.67. The molecule has 0 bridgehead atoms. The molecule has 1 fully saturated rings. The summed E-state index contributed by atoms with van der Waals surface area (Å²) in [6.45, 7) is 6.23. The molecular formula is C37H44FN5O3Si. The van der Waals surface area contributed by atoms with Crippen LogP contribution in [0.1, 0.15) is 60.9 Å². The molecule has 0 spiro atoms. The number of hydrogen-bond donors (Lipinski definition) is 1. The number of anilines is 1. The number of aryl methyl sites for hydroxylation is 2. The van der Waals surface area contributed by atoms with E-state index in [0.717, 1.165) is 40.9 Å². The summed E-state index contributed by atoms with van der Waals surface area (Å²) in [5.41, 5.74) is 5.44. The van der Waals surface area contributed by atoms with Crippen LogP contribution in [0.5, 0.6) is 0 Å². The van der Waals surface area contributed by atoms with Gasteiger partial charge in [-0.1, -0.05) is 84.9 Å². The summed E-state index contributed by atoms with van der Waals surface area (Å²) in [6, 6.07) is 27.8. The van der Waals surface area contributed by atoms with Gasteiger partial charge in [-0.3, -0.25) is 9.48 Å². The molecule has 3 heterocycles. The zero-order valence-corrected chi connectivity index (χ0v) is 28.4. The van der Waals surface area contributed by atoms with Gasteiger partial charge in [0.15, 0.2) is 0 Å². The smallest absolute Gasteiger partial charge is 0.247 e. The highest BCUT2D eigenvalue weighted by Gasteiger charge is 2.50. The first kappa shape index (κ1) is 32.9. The lowest BCUT2D eigenvalue weighted by Gasteiger charge is -2.28. The Bertz CT molecular complexity index is 1660. The fourth-order valence-corrected chi connectivity index (χ4v) is 9.84. The first-order valence-corrected chi connectivity index (χ1v) is 19.6. The Labute approximate surface area is 277 Å². The fraction of sp³-hybridized carbons (Fsp3) is 0.405. The Morgan fingerprint density at radius 1 is 0.957 bits per heavy atom. The van der Waals surface area contributed by atoms with Crippen molar-refractivity contribution in [1.82, 2.24) is 15.0 Å². The quantitative estimate of drug-likeness (QED) is 0.133. The Balaban J connectivity index is 1.08. The van der Waals surface area contributed by atoms with Gasteiger partial charge in [0, 0.05) is 31.1 Å². The minimum Gasteiger partial charge on any atom is -0.395 e. The summed E-state index contributed by atoms with van der Waals surface area (Å²) in [5.74, 6) is -0.144. The van der Waals surface area contributed by atoms with Gasteiger partial charge in [-0.25, -0.2) is 5.01 Å². The molecular weight excluding hydrogens is 610 g/mol. The molecule has 1 aromatic heterocycles. The molecule has 1 unspecified atom stereocenters. The fourth-order valence-electron chi connectivity index (χ4n) is 7.25. The number of benzene rings is 3. The number of nitrogens with zero attached hydrogens (tertiary/aromatic N) is 5. The van der Waals surface area contributed by atoms with Crippen molar-refractivity contribution in [2.45, 2.75) is 82.3 Å². The first-order chi connectivity index (χ1) is 22.7. The number of hydrogen-bond acceptors (Lipinski definition) is 6. The van der Waals surface area contributed by atoms with Crippen molar-refractivity contribution in [2.75, 3.05) is 11.6 Å². The lowest BCUT2D eigenvalue weighted by atomic mass is 9.95. The Morgan fingerprint density at radius 2 is 1.66 bits per heavy atom. The van der Waals surface area contributed by atoms with Crippen LogP contribution in [0.15, 0.2) is 96.2 Å². The lowest BCUT2D eigenvalue weighted by molar-refractivity contribution is -0.118. The molecule has 2 aliphatic rings. The van der Waals surface area contributed by atoms with Crippen molar-refractivity contribution < 1.29 is 18.7 Å². The van der Waals surface area contributed by atoms with E-state index in [1.807, 2.05) is 79.0 Å². The maximum Gasteiger partial charge on any atom is 0.247 e. The molecule has 246 valence electrons. The van der Waals surface area contributed by atoms with Gasteiger partial charge < -0.3 is 14.0 Å². The van der Waals surface area contributed by atoms with Crippen LogP contribution in [0, 0.1) is 5.92 Å². The number of rotatable bonds is 12. The number of hydrazone groups is 1. The van der Waals surface area contributed by atoms with Crippen LogP contribution in [0.3, 0.4) is 0 Å². The number of aliphatic hydroxyl groups is 1. The molecule has 0 radical (unpaired) electrons. The van der Waals surface area contributed by atoms with E-state index in [9.17, 15) is 9.90 Å². The molecule has 3 aromatic carbocycles. The summed E-state index contributed by atoms with van der Waals surface area (Å²) >= 11 is 0. The molecule has 1 saturated heterocycles. The molecule has 4 aromatic rings. The highest BCUT2D eigenvalue weighted by Crippen LogP contribution is 2.47. The zero-order valence-electron chi connectivity index (χ0n) is 27.4. The molecule has 47 heavy (non-hydrogen) atoms. The minimum absolute atomic E-state index is 0.00720. The standard InChI is InChI=1S/C37H44FN5O3Si/c1-26-34(20-16-27-14-17-30(18-15-27)43-36(45)21-19-32(40-43)29-12-8-5-9-13-29)46-35(37(26)47(2,3)38)22-23-42-24-33(39-41-42)31(25-44)28-10-6-4-7-11-28/h4-15,17-18,24,26,31,34-35,37,44H,16,19-23,25H2,1-3H3/t26-,31?,34+,35-,37+/m0/s1. The highest BCUT2D eigenvalue weighted by molar-refractivity contribution is 6.72. The van der Waals surface area contributed by atoms with Crippen LogP contribution < -0.4 is 5.01 Å². The monoisotopic (exact) mass is 653 g/mol. The lowest BCUT2D eigenvalue weighted by Crippen LogP contribution is -2.36. The van der Waals surface area contributed by atoms with E-state index in [-0.39, 0.29) is 42.1 Å². The summed E-state index contributed by atoms with van der Waals surface area (Å²) in [6.07, 6.45) is 4.94. The van der Waals surface area contributed by atoms with E-state index in [1.54, 1.807) is 17.8 Å². The second-order valence-electron chi connectivity index (χ2n) is 13.3. The van der Waals surface area contributed by atoms with Gasteiger partial charge in [-0.15, -0.1) is 5.10 Å². The van der Waals surface area contributed by atoms with Crippen LogP contribution in [-0.4, -0.2) is 58.9 Å². The largest absolute Gasteiger partial charge is 0.395 e. The average Bonchev–Trinajstić information content (AvgIpc) is 3.68. The second kappa shape index (κ2) is 14.4. The van der Waals surface area contributed by atoms with Crippen LogP contribution in [0.25, 0.3) is 0 Å². The topological polar surface area (TPSA) is 92.8 Å². The van der Waals surface area contributed by atoms with Gasteiger partial charge in [0.05, 0.1) is 41.8 Å². The van der Waals surface area contributed by atoms with Crippen molar-refractivity contribution in [3.8, 4) is 0 Å². The van der Waals surface area contributed by atoms with E-state index in [1.165, 1.54) is 5.01 Å². The van der Waals surface area contributed by atoms with Crippen LogP contribution in [0.4, 0.5) is 9.80 Å². The SMILES string of the molecule is C[C@@H]1[C@@H]([Si](C)(C)F)[C@H](CCn2cc(C(CO)c3ccccc3)nn2)O[C@@H]1CCc1ccc(N2N=C(c3ccccc3)CCC2=O)cc1. The number of carbonyl (C=O) groups excluding carboxylic acids is 1. The molecule has 0 aliphatic carbocycles. The summed E-state index contributed by atoms with van der Waals surface area (Å²) in [7, 11) is -3.02. The van der Waals surface area contributed by atoms with Gasteiger partial charge >= 0.3 is 0 Å². The number of carbonyl (C=O) groups is 1. The molecule has 6 rings (SSSR count). The van der Waals surface area contributed by atoms with E-state index < -0.39 is 8.41 Å². The molecule has 10 heteroatoms. The highest BCUT2D eigenvalue weighted by atomic mass is 28.4. The van der Waals surface area contributed by atoms with Gasteiger partial charge in [0.1, 0.15) is 0 Å². The minimum atomic E-state index is -3.02. The number of halogens is 1. The number of aliphatic hydroxyl groups excluding tert-OH is 1. The van der Waals surface area contributed by atoms with Gasteiger partial charge in [0.25, 0.3) is 0 Å². The van der Waals surface area contributed by atoms with Crippen LogP contribution in [-0.2, 0) is 22.5 Å². The van der Waals surface area contributed by atoms with Gasteiger partial charge in [-0.2, -0.15) is 5.10 Å². The predicted molar refractivity (Wildman–Crippen MR) is 185 cm³/mol. The van der Waals surface area contributed by atoms with E-state index in [0.29, 0.717) is 31.5 Å². The zero-order chi connectivity index (χ0) is 33.0.